The zero-order valence-corrected chi connectivity index (χ0v) is 42.3. The van der Waals surface area contributed by atoms with Gasteiger partial charge in [0.25, 0.3) is 11.8 Å². The molecule has 6 N–H and O–H groups in total. The van der Waals surface area contributed by atoms with Crippen LogP contribution in [-0.2, 0) is 33.1 Å². The van der Waals surface area contributed by atoms with Gasteiger partial charge >= 0.3 is 0 Å². The fourth-order valence-corrected chi connectivity index (χ4v) is 18.6. The Morgan fingerprint density at radius 1 is 0.696 bits per heavy atom. The largest absolute Gasteiger partial charge is 0.485 e. The number of hydrogen-bond acceptors (Lipinski definition) is 10. The van der Waals surface area contributed by atoms with Gasteiger partial charge in [-0.2, -0.15) is 0 Å². The van der Waals surface area contributed by atoms with Gasteiger partial charge in [0.2, 0.25) is 0 Å². The molecule has 12 nitrogen and oxygen atoms in total. The first-order valence-corrected chi connectivity index (χ1v) is 26.6. The Labute approximate surface area is 408 Å². The molecule has 4 heterocycles. The Morgan fingerprint density at radius 3 is 1.78 bits per heavy atom. The number of fused-ring (bicyclic) bond motifs is 3. The van der Waals surface area contributed by atoms with Crippen LogP contribution in [0.5, 0.6) is 11.5 Å². The molecule has 16 rings (SSSR count). The van der Waals surface area contributed by atoms with Gasteiger partial charge in [0, 0.05) is 78.6 Å². The second kappa shape index (κ2) is 13.9. The van der Waals surface area contributed by atoms with Crippen LogP contribution < -0.4 is 20.9 Å². The summed E-state index contributed by atoms with van der Waals surface area (Å²) < 4.78 is 26.8. The van der Waals surface area contributed by atoms with Crippen molar-refractivity contribution in [1.82, 2.24) is 9.80 Å². The Kier molecular flexibility index (Phi) is 9.17. The third kappa shape index (κ3) is 5.32. The molecule has 2 amide bonds. The molecule has 8 bridgehead atoms. The Hall–Kier alpha value is -3.52. The fraction of sp³-hybridized carbons (Fsp3) is 0.719. The van der Waals surface area contributed by atoms with Gasteiger partial charge in [0.15, 0.2) is 0 Å². The van der Waals surface area contributed by atoms with Crippen LogP contribution in [0.25, 0.3) is 0 Å². The number of carbonyl (C=O) groups is 2. The molecule has 12 heteroatoms. The van der Waals surface area contributed by atoms with E-state index >= 15 is 0 Å². The van der Waals surface area contributed by atoms with Gasteiger partial charge in [-0.25, -0.2) is 0 Å². The molecule has 2 aromatic rings. The molecular weight excluding hydrogens is 869 g/mol. The van der Waals surface area contributed by atoms with Crippen LogP contribution in [0.15, 0.2) is 36.4 Å². The molecule has 0 radical (unpaired) electrons. The van der Waals surface area contributed by atoms with Crippen molar-refractivity contribution in [1.29, 1.82) is 0 Å². The summed E-state index contributed by atoms with van der Waals surface area (Å²) in [5.74, 6) is 1.97. The highest BCUT2D eigenvalue weighted by molar-refractivity contribution is 5.98. The van der Waals surface area contributed by atoms with Crippen LogP contribution in [0.3, 0.4) is 0 Å². The van der Waals surface area contributed by atoms with Crippen LogP contribution in [0, 0.1) is 39.9 Å². The minimum Gasteiger partial charge on any atom is -0.485 e. The first kappa shape index (κ1) is 45.4. The number of likely N-dealkylation sites (tertiary alicyclic amines) is 2. The lowest BCUT2D eigenvalue weighted by molar-refractivity contribution is -0.312. The van der Waals surface area contributed by atoms with Crippen LogP contribution in [0.4, 0.5) is 0 Å². The van der Waals surface area contributed by atoms with Gasteiger partial charge in [-0.3, -0.25) is 19.4 Å². The zero-order valence-electron chi connectivity index (χ0n) is 42.3. The molecule has 2 saturated heterocycles. The van der Waals surface area contributed by atoms with Gasteiger partial charge in [-0.1, -0.05) is 45.1 Å². The second-order valence-electron chi connectivity index (χ2n) is 26.2. The summed E-state index contributed by atoms with van der Waals surface area (Å²) in [6.45, 7) is 16.7. The molecule has 0 aromatic heterocycles. The van der Waals surface area contributed by atoms with Crippen LogP contribution in [0.1, 0.15) is 149 Å². The van der Waals surface area contributed by atoms with Crippen molar-refractivity contribution in [2.45, 2.75) is 176 Å². The predicted molar refractivity (Wildman–Crippen MR) is 260 cm³/mol. The number of primary amides is 2. The SMILES string of the molecule is CO[C@]12C=C[C@@]3(C[C@@H]1C(C)(C)O)[C@H]1Cc4ccc(C(N)=O)c5c4[C@@]3(CCN1CC1CC1)[C@H]2O5.CO[C@]12CC[C@@]3(C[C@@H]1C(C)(O)C(C)(C)C)[C@H]1Cc4ccc(C(N)=O)c5c4[C@@]3(CCN1CC1CC1)[C@H]2O5. The van der Waals surface area contributed by atoms with Crippen LogP contribution >= 0.6 is 0 Å². The number of aliphatic hydroxyl groups is 2. The molecule has 6 saturated carbocycles. The Balaban J connectivity index is 0.000000136. The summed E-state index contributed by atoms with van der Waals surface area (Å²) in [6, 6.07) is 8.78. The normalized spacial score (nSPS) is 42.1. The van der Waals surface area contributed by atoms with E-state index in [1.165, 1.54) is 54.5 Å². The highest BCUT2D eigenvalue weighted by Crippen LogP contribution is 2.79. The molecule has 14 aliphatic rings. The quantitative estimate of drug-likeness (QED) is 0.197. The zero-order chi connectivity index (χ0) is 48.4. The van der Waals surface area contributed by atoms with Gasteiger partial charge in [0.05, 0.1) is 27.7 Å². The average Bonchev–Trinajstić information content (AvgIpc) is 4.24. The third-order valence-electron chi connectivity index (χ3n) is 22.4. The standard InChI is InChI=1S/C30H42N2O4.C27H34N2O4/c1-26(2,3)27(4,34)20-15-28-10-11-30(20,35-5)25-29(28)12-13-32(16-17-6-7-17)21(28)14-18-8-9-19(24(31)33)23(36-25)22(18)29;1-24(2,31)18-13-25-8-9-27(18,32-3)23-26(25)10-11-29(14-15-4-5-15)19(25)12-16-6-7-17(22(28)30)21(33-23)20(16)26/h8-9,17,20-21,25,34H,6-7,10-16H2,1-5H3,(H2,31,33);6-9,15,18-19,23,31H,4-5,10-14H2,1-3H3,(H2,28,30)/t20-,21-,25-,27?,28-,29+,30-;18-,19-,23-,25-,26+,27-/m11/s1. The van der Waals surface area contributed by atoms with Crippen molar-refractivity contribution in [2.75, 3.05) is 40.4 Å². The fourth-order valence-electron chi connectivity index (χ4n) is 18.6. The Morgan fingerprint density at radius 2 is 1.25 bits per heavy atom. The molecule has 8 fully saturated rings. The maximum atomic E-state index is 12.6. The number of amides is 2. The van der Waals surface area contributed by atoms with E-state index in [9.17, 15) is 19.8 Å². The van der Waals surface area contributed by atoms with E-state index in [4.69, 9.17) is 30.4 Å². The van der Waals surface area contributed by atoms with E-state index in [0.29, 0.717) is 34.7 Å². The molecule has 4 aliphatic heterocycles. The Bertz CT molecular complexity index is 2610. The van der Waals surface area contributed by atoms with Crippen molar-refractivity contribution >= 4 is 11.8 Å². The summed E-state index contributed by atoms with van der Waals surface area (Å²) in [7, 11) is 3.55. The van der Waals surface area contributed by atoms with Gasteiger partial charge < -0.3 is 40.6 Å². The van der Waals surface area contributed by atoms with Crippen molar-refractivity contribution in [3.8, 4) is 11.5 Å². The molecular formula is C57H76N4O8. The van der Waals surface area contributed by atoms with E-state index in [1.54, 1.807) is 7.11 Å². The smallest absolute Gasteiger partial charge is 0.252 e. The third-order valence-corrected chi connectivity index (χ3v) is 22.4. The number of piperidine rings is 2. The number of ether oxygens (including phenoxy) is 4. The second-order valence-corrected chi connectivity index (χ2v) is 26.2. The highest BCUT2D eigenvalue weighted by Gasteiger charge is 2.83. The summed E-state index contributed by atoms with van der Waals surface area (Å²) in [4.78, 5) is 30.5. The van der Waals surface area contributed by atoms with Gasteiger partial charge in [0.1, 0.15) is 34.9 Å². The maximum absolute atomic E-state index is 12.6. The van der Waals surface area contributed by atoms with Crippen LogP contribution in [0.2, 0.25) is 0 Å². The topological polar surface area (TPSA) is 170 Å². The van der Waals surface area contributed by atoms with E-state index in [2.05, 4.69) is 54.9 Å². The molecule has 4 spiro atoms. The minimum absolute atomic E-state index is 0.0144. The van der Waals surface area contributed by atoms with Crippen molar-refractivity contribution in [2.24, 2.45) is 51.4 Å². The summed E-state index contributed by atoms with van der Waals surface area (Å²) in [6.07, 6.45) is 17.1. The number of nitrogens with zero attached hydrogens (tertiary/aromatic N) is 2. The number of methoxy groups -OCH3 is 2. The molecule has 10 aliphatic carbocycles. The minimum atomic E-state index is -0.946. The lowest BCUT2D eigenvalue weighted by Gasteiger charge is -2.75. The first-order chi connectivity index (χ1) is 32.6. The van der Waals surface area contributed by atoms with Gasteiger partial charge in [-0.05, 0) is 151 Å². The predicted octanol–water partition coefficient (Wildman–Crippen LogP) is 6.36. The lowest BCUT2D eigenvalue weighted by atomic mass is 9.33. The van der Waals surface area contributed by atoms with E-state index in [-0.39, 0.29) is 51.1 Å². The lowest BCUT2D eigenvalue weighted by Crippen LogP contribution is -2.83. The van der Waals surface area contributed by atoms with Crippen LogP contribution in [-0.4, -0.2) is 119 Å². The number of carbonyl (C=O) groups excluding carboxylic acids is 2. The number of nitrogens with two attached hydrogens (primary N) is 2. The monoisotopic (exact) mass is 945 g/mol. The number of rotatable bonds is 10. The molecule has 13 atom stereocenters. The van der Waals surface area contributed by atoms with Crippen molar-refractivity contribution < 1.29 is 38.7 Å². The molecule has 1 unspecified atom stereocenters. The first-order valence-electron chi connectivity index (χ1n) is 26.6. The van der Waals surface area contributed by atoms with Crippen molar-refractivity contribution in [3.63, 3.8) is 0 Å². The van der Waals surface area contributed by atoms with Gasteiger partial charge in [-0.15, -0.1) is 0 Å². The summed E-state index contributed by atoms with van der Waals surface area (Å²) in [5, 5.41) is 23.6. The number of benzene rings is 2. The molecule has 69 heavy (non-hydrogen) atoms. The number of hydrogen-bond donors (Lipinski definition) is 4. The average molecular weight is 945 g/mol. The van der Waals surface area contributed by atoms with E-state index in [1.807, 2.05) is 40.0 Å². The van der Waals surface area contributed by atoms with Crippen molar-refractivity contribution in [3.05, 3.63) is 69.8 Å². The molecule has 2 aromatic carbocycles. The van der Waals surface area contributed by atoms with E-state index in [0.717, 1.165) is 82.8 Å². The summed E-state index contributed by atoms with van der Waals surface area (Å²) >= 11 is 0. The highest BCUT2D eigenvalue weighted by atomic mass is 16.6. The molecule has 372 valence electrons. The van der Waals surface area contributed by atoms with E-state index < -0.39 is 34.2 Å². The summed E-state index contributed by atoms with van der Waals surface area (Å²) in [5.41, 5.74) is 13.5. The maximum Gasteiger partial charge on any atom is 0.252 e.